The Hall–Kier alpha value is 1.45. The molecule has 0 unspecified atom stereocenters. The van der Waals surface area contributed by atoms with E-state index in [1.807, 2.05) is 0 Å². The Bertz CT molecular complexity index is 17.2. The molecular formula is C4H10Br2Ni. The van der Waals surface area contributed by atoms with Crippen molar-refractivity contribution in [1.82, 2.24) is 0 Å². The first kappa shape index (κ1) is 11.3. The third-order valence-corrected chi connectivity index (χ3v) is 0.500. The van der Waals surface area contributed by atoms with E-state index in [2.05, 4.69) is 42.3 Å². The molecule has 0 saturated carbocycles. The van der Waals surface area contributed by atoms with Gasteiger partial charge in [0.1, 0.15) is 0 Å². The van der Waals surface area contributed by atoms with Crippen molar-refractivity contribution in [3.63, 3.8) is 0 Å². The molecular weight excluding hydrogens is 267 g/mol. The maximum absolute atomic E-state index is 3.00. The molecule has 0 bridgehead atoms. The summed E-state index contributed by atoms with van der Waals surface area (Å²) in [5, 5.41) is 0. The van der Waals surface area contributed by atoms with Crippen LogP contribution in [0.5, 0.6) is 0 Å². The third-order valence-electron chi connectivity index (χ3n) is 0.500. The number of rotatable bonds is 1. The average Bonchev–Trinajstić information content (AvgIpc) is 1.69. The molecule has 0 radical (unpaired) electrons. The van der Waals surface area contributed by atoms with Gasteiger partial charge in [0.05, 0.1) is 0 Å². The van der Waals surface area contributed by atoms with Crippen molar-refractivity contribution in [2.75, 3.05) is 0 Å². The van der Waals surface area contributed by atoms with Crippen LogP contribution >= 0.6 is 28.5 Å². The van der Waals surface area contributed by atoms with E-state index < -0.39 is 0 Å². The first-order valence-electron chi connectivity index (χ1n) is 2.15. The fraction of sp³-hybridized carbons (Fsp3) is 1.00. The first-order chi connectivity index (χ1) is 3.33. The van der Waals surface area contributed by atoms with Crippen LogP contribution in [0.4, 0.5) is 0 Å². The summed E-state index contributed by atoms with van der Waals surface area (Å²) in [6, 6.07) is 0. The second kappa shape index (κ2) is 15.7. The third kappa shape index (κ3) is 36.8. The Morgan fingerprint density at radius 1 is 1.14 bits per heavy atom. The van der Waals surface area contributed by atoms with Crippen LogP contribution in [0.15, 0.2) is 0 Å². The predicted molar refractivity (Wildman–Crippen MR) is 38.4 cm³/mol. The van der Waals surface area contributed by atoms with Crippen LogP contribution in [0.25, 0.3) is 0 Å². The summed E-state index contributed by atoms with van der Waals surface area (Å²) >= 11 is 6.00. The Kier molecular flexibility index (Phi) is 25.2. The van der Waals surface area contributed by atoms with Gasteiger partial charge in [-0.3, -0.25) is 0 Å². The molecule has 50 valence electrons. The number of unbranched alkanes of at least 4 members (excludes halogenated alkanes) is 1. The zero-order chi connectivity index (χ0) is 6.12. The normalized spacial score (nSPS) is 7.43. The van der Waals surface area contributed by atoms with E-state index in [0.29, 0.717) is 0 Å². The fourth-order valence-electron chi connectivity index (χ4n) is 0. The van der Waals surface area contributed by atoms with Crippen molar-refractivity contribution in [1.29, 1.82) is 0 Å². The Morgan fingerprint density at radius 3 is 1.29 bits per heavy atom. The molecule has 0 aromatic heterocycles. The fourth-order valence-corrected chi connectivity index (χ4v) is 0. The molecule has 0 N–H and O–H groups in total. The molecule has 0 aliphatic rings. The second-order valence-electron chi connectivity index (χ2n) is 1.05. The molecule has 0 nitrogen and oxygen atoms in total. The van der Waals surface area contributed by atoms with E-state index in [-0.39, 0.29) is 0 Å². The van der Waals surface area contributed by atoms with Crippen LogP contribution in [0.1, 0.15) is 26.7 Å². The molecule has 0 aromatic carbocycles. The molecule has 3 heteroatoms. The molecule has 0 aliphatic carbocycles. The van der Waals surface area contributed by atoms with Gasteiger partial charge in [-0.1, -0.05) is 26.7 Å². The second-order valence-corrected chi connectivity index (χ2v) is 6.03. The average molecular weight is 277 g/mol. The minimum absolute atomic E-state index is 1.25. The molecule has 0 rings (SSSR count). The summed E-state index contributed by atoms with van der Waals surface area (Å²) in [6.07, 6.45) is 2.64. The van der Waals surface area contributed by atoms with Gasteiger partial charge >= 0.3 is 39.3 Å². The summed E-state index contributed by atoms with van der Waals surface area (Å²) in [4.78, 5) is 0. The van der Waals surface area contributed by atoms with Crippen LogP contribution in [-0.2, 0) is 10.9 Å². The molecule has 0 spiro atoms. The molecule has 0 amide bonds. The SMILES string of the molecule is CCCC.[Br][Ni][Br]. The van der Waals surface area contributed by atoms with Crippen LogP contribution in [0.3, 0.4) is 0 Å². The van der Waals surface area contributed by atoms with Gasteiger partial charge in [0, 0.05) is 0 Å². The summed E-state index contributed by atoms with van der Waals surface area (Å²) < 4.78 is 0. The van der Waals surface area contributed by atoms with Crippen LogP contribution < -0.4 is 0 Å². The van der Waals surface area contributed by atoms with Gasteiger partial charge in [-0.2, -0.15) is 0 Å². The molecule has 0 fully saturated rings. The van der Waals surface area contributed by atoms with E-state index in [9.17, 15) is 0 Å². The minimum atomic E-state index is 1.25. The predicted octanol–water partition coefficient (Wildman–Crippen LogP) is 3.50. The maximum atomic E-state index is 3.00. The number of hydrogen-bond donors (Lipinski definition) is 0. The van der Waals surface area contributed by atoms with E-state index >= 15 is 0 Å². The van der Waals surface area contributed by atoms with Crippen molar-refractivity contribution in [2.24, 2.45) is 0 Å². The Labute approximate surface area is 65.8 Å². The van der Waals surface area contributed by atoms with Crippen LogP contribution in [0.2, 0.25) is 0 Å². The van der Waals surface area contributed by atoms with E-state index in [0.717, 1.165) is 0 Å². The summed E-state index contributed by atoms with van der Waals surface area (Å²) in [6.45, 7) is 4.36. The first-order valence-corrected chi connectivity index (χ1v) is 7.04. The molecule has 0 heterocycles. The van der Waals surface area contributed by atoms with Gasteiger partial charge in [-0.15, -0.1) is 0 Å². The van der Waals surface area contributed by atoms with E-state index in [1.165, 1.54) is 23.7 Å². The van der Waals surface area contributed by atoms with E-state index in [4.69, 9.17) is 0 Å². The standard InChI is InChI=1S/C4H10.2BrH.Ni/c1-3-4-2;;;/h3-4H2,1-2H3;2*1H;/q;;;+2/p-2. The zero-order valence-corrected chi connectivity index (χ0v) is 8.65. The topological polar surface area (TPSA) is 0 Å². The van der Waals surface area contributed by atoms with Gasteiger partial charge < -0.3 is 0 Å². The van der Waals surface area contributed by atoms with E-state index in [1.54, 1.807) is 0 Å². The van der Waals surface area contributed by atoms with Gasteiger partial charge in [0.15, 0.2) is 0 Å². The van der Waals surface area contributed by atoms with Crippen molar-refractivity contribution in [3.05, 3.63) is 0 Å². The quantitative estimate of drug-likeness (QED) is 0.643. The van der Waals surface area contributed by atoms with Crippen molar-refractivity contribution >= 4 is 28.5 Å². The molecule has 0 saturated heterocycles. The number of hydrogen-bond acceptors (Lipinski definition) is 0. The van der Waals surface area contributed by atoms with Crippen molar-refractivity contribution in [3.8, 4) is 0 Å². The van der Waals surface area contributed by atoms with Crippen molar-refractivity contribution in [2.45, 2.75) is 26.7 Å². The Balaban J connectivity index is 0. The van der Waals surface area contributed by atoms with Gasteiger partial charge in [0.25, 0.3) is 0 Å². The number of halogens is 2. The monoisotopic (exact) mass is 274 g/mol. The summed E-state index contributed by atoms with van der Waals surface area (Å²) in [7, 11) is 1.25. The van der Waals surface area contributed by atoms with Crippen LogP contribution in [-0.4, -0.2) is 0 Å². The van der Waals surface area contributed by atoms with Crippen LogP contribution in [0, 0.1) is 0 Å². The van der Waals surface area contributed by atoms with Gasteiger partial charge in [0.2, 0.25) is 0 Å². The zero-order valence-electron chi connectivity index (χ0n) is 4.49. The molecule has 0 atom stereocenters. The Morgan fingerprint density at radius 2 is 1.29 bits per heavy atom. The summed E-state index contributed by atoms with van der Waals surface area (Å²) in [5.41, 5.74) is 0. The molecule has 0 aliphatic heterocycles. The molecule has 7 heavy (non-hydrogen) atoms. The van der Waals surface area contributed by atoms with Gasteiger partial charge in [-0.25, -0.2) is 0 Å². The van der Waals surface area contributed by atoms with Gasteiger partial charge in [-0.05, 0) is 0 Å². The van der Waals surface area contributed by atoms with Crippen molar-refractivity contribution < 1.29 is 10.9 Å². The molecule has 0 aromatic rings. The summed E-state index contributed by atoms with van der Waals surface area (Å²) in [5.74, 6) is 0.